The first-order chi connectivity index (χ1) is 14.3. The van der Waals surface area contributed by atoms with E-state index in [2.05, 4.69) is 91.9 Å². The fourth-order valence-electron chi connectivity index (χ4n) is 4.56. The molecule has 0 radical (unpaired) electrons. The molecule has 1 aliphatic heterocycles. The Bertz CT molecular complexity index is 834. The van der Waals surface area contributed by atoms with E-state index < -0.39 is 0 Å². The third-order valence-electron chi connectivity index (χ3n) is 5.99. The largest absolute Gasteiger partial charge is 0.493 e. The number of benzene rings is 3. The zero-order valence-corrected chi connectivity index (χ0v) is 17.3. The average molecular weight is 389 g/mol. The second-order valence-electron chi connectivity index (χ2n) is 7.88. The SMILES string of the molecule is CCOc1ccccc1C[NH+]1CC[NH+](C(c2ccccc2)c2ccccc2)CC1. The minimum atomic E-state index is 0.412. The van der Waals surface area contributed by atoms with Crippen LogP contribution in [-0.2, 0) is 6.54 Å². The number of hydrogen-bond donors (Lipinski definition) is 2. The highest BCUT2D eigenvalue weighted by Gasteiger charge is 2.31. The molecule has 1 saturated heterocycles. The first kappa shape index (κ1) is 19.7. The third-order valence-corrected chi connectivity index (χ3v) is 5.99. The molecule has 1 heterocycles. The topological polar surface area (TPSA) is 18.1 Å². The maximum Gasteiger partial charge on any atom is 0.139 e. The Kier molecular flexibility index (Phi) is 6.60. The van der Waals surface area contributed by atoms with E-state index in [4.69, 9.17) is 4.74 Å². The zero-order chi connectivity index (χ0) is 19.9. The summed E-state index contributed by atoms with van der Waals surface area (Å²) < 4.78 is 5.84. The fourth-order valence-corrected chi connectivity index (χ4v) is 4.56. The van der Waals surface area contributed by atoms with E-state index in [1.54, 1.807) is 9.80 Å². The highest BCUT2D eigenvalue weighted by atomic mass is 16.5. The summed E-state index contributed by atoms with van der Waals surface area (Å²) in [6.45, 7) is 8.56. The van der Waals surface area contributed by atoms with Gasteiger partial charge in [-0.25, -0.2) is 0 Å². The van der Waals surface area contributed by atoms with Crippen molar-refractivity contribution >= 4 is 0 Å². The number of ether oxygens (including phenoxy) is 1. The Labute approximate surface area is 174 Å². The van der Waals surface area contributed by atoms with Gasteiger partial charge in [0, 0.05) is 16.7 Å². The van der Waals surface area contributed by atoms with Gasteiger partial charge in [-0.1, -0.05) is 72.8 Å². The predicted molar refractivity (Wildman–Crippen MR) is 117 cm³/mol. The summed E-state index contributed by atoms with van der Waals surface area (Å²) in [6.07, 6.45) is 0. The molecule has 0 amide bonds. The Morgan fingerprint density at radius 1 is 0.724 bits per heavy atom. The van der Waals surface area contributed by atoms with Crippen LogP contribution in [0.5, 0.6) is 5.75 Å². The molecule has 1 aliphatic rings. The molecule has 0 unspecified atom stereocenters. The van der Waals surface area contributed by atoms with Crippen molar-refractivity contribution in [2.75, 3.05) is 32.8 Å². The zero-order valence-electron chi connectivity index (χ0n) is 17.3. The molecule has 2 N–H and O–H groups in total. The summed E-state index contributed by atoms with van der Waals surface area (Å²) in [5.41, 5.74) is 4.16. The molecule has 4 rings (SSSR count). The maximum atomic E-state index is 5.84. The van der Waals surface area contributed by atoms with Crippen LogP contribution in [0.4, 0.5) is 0 Å². The average Bonchev–Trinajstić information content (AvgIpc) is 2.78. The minimum Gasteiger partial charge on any atom is -0.493 e. The summed E-state index contributed by atoms with van der Waals surface area (Å²) >= 11 is 0. The molecule has 0 bridgehead atoms. The van der Waals surface area contributed by atoms with Gasteiger partial charge in [0.25, 0.3) is 0 Å². The third kappa shape index (κ3) is 4.87. The molecule has 0 spiro atoms. The van der Waals surface area contributed by atoms with E-state index >= 15 is 0 Å². The Morgan fingerprint density at radius 2 is 1.28 bits per heavy atom. The van der Waals surface area contributed by atoms with Crippen LogP contribution in [0.2, 0.25) is 0 Å². The van der Waals surface area contributed by atoms with Gasteiger partial charge < -0.3 is 14.5 Å². The van der Waals surface area contributed by atoms with Crippen LogP contribution < -0.4 is 14.5 Å². The number of rotatable bonds is 7. The molecule has 150 valence electrons. The molecule has 3 heteroatoms. The highest BCUT2D eigenvalue weighted by Crippen LogP contribution is 2.19. The molecular formula is C26H32N2O+2. The molecule has 29 heavy (non-hydrogen) atoms. The lowest BCUT2D eigenvalue weighted by Crippen LogP contribution is -3.27. The number of quaternary nitrogens is 2. The lowest BCUT2D eigenvalue weighted by Gasteiger charge is -2.35. The van der Waals surface area contributed by atoms with Crippen molar-refractivity contribution in [3.05, 3.63) is 102 Å². The van der Waals surface area contributed by atoms with Crippen LogP contribution in [0.15, 0.2) is 84.9 Å². The van der Waals surface area contributed by atoms with Crippen molar-refractivity contribution in [2.45, 2.75) is 19.5 Å². The first-order valence-corrected chi connectivity index (χ1v) is 10.8. The molecule has 0 aliphatic carbocycles. The minimum absolute atomic E-state index is 0.412. The van der Waals surface area contributed by atoms with Crippen LogP contribution in [0.3, 0.4) is 0 Å². The summed E-state index contributed by atoms with van der Waals surface area (Å²) in [6, 6.07) is 30.9. The molecule has 3 nitrogen and oxygen atoms in total. The summed E-state index contributed by atoms with van der Waals surface area (Å²) in [7, 11) is 0. The summed E-state index contributed by atoms with van der Waals surface area (Å²) in [4.78, 5) is 3.32. The van der Waals surface area contributed by atoms with Gasteiger partial charge in [0.1, 0.15) is 44.5 Å². The van der Waals surface area contributed by atoms with E-state index in [9.17, 15) is 0 Å². The van der Waals surface area contributed by atoms with E-state index in [1.165, 1.54) is 42.9 Å². The smallest absolute Gasteiger partial charge is 0.139 e. The summed E-state index contributed by atoms with van der Waals surface area (Å²) in [5, 5.41) is 0. The van der Waals surface area contributed by atoms with Gasteiger partial charge in [-0.3, -0.25) is 0 Å². The van der Waals surface area contributed by atoms with Crippen molar-refractivity contribution < 1.29 is 14.5 Å². The molecule has 0 aromatic heterocycles. The van der Waals surface area contributed by atoms with E-state index in [-0.39, 0.29) is 0 Å². The quantitative estimate of drug-likeness (QED) is 0.635. The monoisotopic (exact) mass is 388 g/mol. The van der Waals surface area contributed by atoms with Crippen LogP contribution in [0, 0.1) is 0 Å². The Morgan fingerprint density at radius 3 is 1.86 bits per heavy atom. The number of nitrogens with one attached hydrogen (secondary N) is 2. The van der Waals surface area contributed by atoms with Gasteiger partial charge in [-0.2, -0.15) is 0 Å². The van der Waals surface area contributed by atoms with Crippen molar-refractivity contribution in [2.24, 2.45) is 0 Å². The predicted octanol–water partition coefficient (Wildman–Crippen LogP) is 2.16. The normalized spacial score (nSPS) is 19.2. The Balaban J connectivity index is 1.46. The first-order valence-electron chi connectivity index (χ1n) is 10.8. The van der Waals surface area contributed by atoms with Crippen molar-refractivity contribution in [3.63, 3.8) is 0 Å². The fraction of sp³-hybridized carbons (Fsp3) is 0.308. The van der Waals surface area contributed by atoms with Gasteiger partial charge in [0.2, 0.25) is 0 Å². The molecular weight excluding hydrogens is 356 g/mol. The molecule has 3 aromatic carbocycles. The number of piperazine rings is 1. The van der Waals surface area contributed by atoms with Crippen LogP contribution in [-0.4, -0.2) is 32.8 Å². The summed E-state index contributed by atoms with van der Waals surface area (Å²) in [5.74, 6) is 1.05. The Hall–Kier alpha value is -2.62. The van der Waals surface area contributed by atoms with Crippen LogP contribution in [0.1, 0.15) is 29.7 Å². The molecule has 0 atom stereocenters. The van der Waals surface area contributed by atoms with Gasteiger partial charge in [-0.15, -0.1) is 0 Å². The van der Waals surface area contributed by atoms with Crippen molar-refractivity contribution in [3.8, 4) is 5.75 Å². The van der Waals surface area contributed by atoms with Crippen LogP contribution >= 0.6 is 0 Å². The number of hydrogen-bond acceptors (Lipinski definition) is 1. The van der Waals surface area contributed by atoms with E-state index in [0.29, 0.717) is 6.04 Å². The van der Waals surface area contributed by atoms with Gasteiger partial charge >= 0.3 is 0 Å². The molecule has 3 aromatic rings. The van der Waals surface area contributed by atoms with Gasteiger partial charge in [-0.05, 0) is 19.1 Å². The lowest BCUT2D eigenvalue weighted by molar-refractivity contribution is -1.03. The lowest BCUT2D eigenvalue weighted by atomic mass is 9.96. The molecule has 0 saturated carbocycles. The second kappa shape index (κ2) is 9.73. The van der Waals surface area contributed by atoms with Crippen molar-refractivity contribution in [1.82, 2.24) is 0 Å². The van der Waals surface area contributed by atoms with E-state index in [0.717, 1.165) is 18.9 Å². The van der Waals surface area contributed by atoms with Gasteiger partial charge in [0.15, 0.2) is 0 Å². The highest BCUT2D eigenvalue weighted by molar-refractivity contribution is 5.32. The number of para-hydroxylation sites is 1. The second-order valence-corrected chi connectivity index (χ2v) is 7.88. The van der Waals surface area contributed by atoms with Crippen LogP contribution in [0.25, 0.3) is 0 Å². The maximum absolute atomic E-state index is 5.84. The van der Waals surface area contributed by atoms with E-state index in [1.807, 2.05) is 0 Å². The van der Waals surface area contributed by atoms with Gasteiger partial charge in [0.05, 0.1) is 6.61 Å². The molecule has 1 fully saturated rings. The van der Waals surface area contributed by atoms with Crippen molar-refractivity contribution in [1.29, 1.82) is 0 Å². The standard InChI is InChI=1S/C26H30N2O/c1-2-29-25-16-10-9-15-24(25)21-27-17-19-28(20-18-27)26(22-11-5-3-6-12-22)23-13-7-4-8-14-23/h3-16,26H,2,17-21H2,1H3/p+2.